The number of sulfonamides is 1. The molecule has 6 nitrogen and oxygen atoms in total. The lowest BCUT2D eigenvalue weighted by Crippen LogP contribution is -2.16. The Morgan fingerprint density at radius 2 is 1.96 bits per heavy atom. The van der Waals surface area contributed by atoms with Crippen LogP contribution in [0.25, 0.3) is 0 Å². The van der Waals surface area contributed by atoms with Gasteiger partial charge in [-0.3, -0.25) is 4.72 Å². The molecule has 3 N–H and O–H groups in total. The van der Waals surface area contributed by atoms with Crippen LogP contribution in [0.5, 0.6) is 0 Å². The Labute approximate surface area is 158 Å². The van der Waals surface area contributed by atoms with Gasteiger partial charge in [-0.15, -0.1) is 11.3 Å². The zero-order valence-electron chi connectivity index (χ0n) is 14.9. The number of carboxylic acids is 1. The van der Waals surface area contributed by atoms with Crippen molar-refractivity contribution in [3.8, 4) is 0 Å². The van der Waals surface area contributed by atoms with Gasteiger partial charge in [0.05, 0.1) is 5.69 Å². The van der Waals surface area contributed by atoms with Crippen LogP contribution in [-0.4, -0.2) is 26.0 Å². The number of thiophene rings is 1. The third-order valence-electron chi connectivity index (χ3n) is 3.94. The second-order valence-electron chi connectivity index (χ2n) is 6.04. The van der Waals surface area contributed by atoms with Crippen molar-refractivity contribution < 1.29 is 18.3 Å². The number of carboxylic acid groups (broad SMARTS) is 1. The molecular formula is C18H24N2O4S2. The Morgan fingerprint density at radius 1 is 1.19 bits per heavy atom. The fourth-order valence-electron chi connectivity index (χ4n) is 2.54. The maximum absolute atomic E-state index is 12.5. The highest BCUT2D eigenvalue weighted by molar-refractivity contribution is 7.93. The van der Waals surface area contributed by atoms with E-state index in [-0.39, 0.29) is 9.77 Å². The molecule has 26 heavy (non-hydrogen) atoms. The van der Waals surface area contributed by atoms with Gasteiger partial charge in [0.15, 0.2) is 0 Å². The molecule has 2 rings (SSSR count). The molecule has 0 radical (unpaired) electrons. The first-order chi connectivity index (χ1) is 12.3. The van der Waals surface area contributed by atoms with E-state index < -0.39 is 16.0 Å². The first kappa shape index (κ1) is 20.3. The summed E-state index contributed by atoms with van der Waals surface area (Å²) in [4.78, 5) is 10.8. The summed E-state index contributed by atoms with van der Waals surface area (Å²) in [6.07, 6.45) is 4.70. The van der Waals surface area contributed by atoms with Gasteiger partial charge in [0.1, 0.15) is 9.77 Å². The standard InChI is InChI=1S/C18H24N2O4S2/c1-3-4-5-6-10-19-14-7-8-15(13(2)12-14)20-26(23,24)16-9-11-25-17(16)18(21)22/h7-9,11-12,19-20H,3-6,10H2,1-2H3,(H,21,22). The van der Waals surface area contributed by atoms with Gasteiger partial charge in [0.25, 0.3) is 10.0 Å². The number of benzene rings is 1. The number of hydrogen-bond acceptors (Lipinski definition) is 5. The predicted molar refractivity (Wildman–Crippen MR) is 106 cm³/mol. The summed E-state index contributed by atoms with van der Waals surface area (Å²) >= 11 is 0.888. The first-order valence-corrected chi connectivity index (χ1v) is 10.9. The quantitative estimate of drug-likeness (QED) is 0.512. The van der Waals surface area contributed by atoms with E-state index in [0.717, 1.165) is 35.6 Å². The van der Waals surface area contributed by atoms with Crippen LogP contribution < -0.4 is 10.0 Å². The lowest BCUT2D eigenvalue weighted by molar-refractivity contribution is 0.0698. The predicted octanol–water partition coefficient (Wildman–Crippen LogP) is 4.55. The minimum absolute atomic E-state index is 0.194. The highest BCUT2D eigenvalue weighted by Gasteiger charge is 2.24. The van der Waals surface area contributed by atoms with Crippen LogP contribution in [0.3, 0.4) is 0 Å². The van der Waals surface area contributed by atoms with Crippen molar-refractivity contribution in [2.75, 3.05) is 16.6 Å². The Kier molecular flexibility index (Phi) is 7.05. The van der Waals surface area contributed by atoms with Gasteiger partial charge < -0.3 is 10.4 Å². The summed E-state index contributed by atoms with van der Waals surface area (Å²) in [5, 5.41) is 13.9. The highest BCUT2D eigenvalue weighted by atomic mass is 32.2. The summed E-state index contributed by atoms with van der Waals surface area (Å²) in [5.41, 5.74) is 2.13. The minimum Gasteiger partial charge on any atom is -0.477 e. The fourth-order valence-corrected chi connectivity index (χ4v) is 4.93. The summed E-state index contributed by atoms with van der Waals surface area (Å²) < 4.78 is 27.5. The van der Waals surface area contributed by atoms with E-state index in [9.17, 15) is 13.2 Å². The van der Waals surface area contributed by atoms with Crippen molar-refractivity contribution in [3.05, 3.63) is 40.1 Å². The Bertz CT molecular complexity index is 860. The molecule has 0 aliphatic carbocycles. The topological polar surface area (TPSA) is 95.5 Å². The molecular weight excluding hydrogens is 372 g/mol. The van der Waals surface area contributed by atoms with E-state index >= 15 is 0 Å². The van der Waals surface area contributed by atoms with Gasteiger partial charge in [-0.1, -0.05) is 26.2 Å². The van der Waals surface area contributed by atoms with Crippen molar-refractivity contribution in [1.29, 1.82) is 0 Å². The van der Waals surface area contributed by atoms with Crippen molar-refractivity contribution in [1.82, 2.24) is 0 Å². The number of carbonyl (C=O) groups is 1. The van der Waals surface area contributed by atoms with Crippen molar-refractivity contribution in [2.45, 2.75) is 44.4 Å². The molecule has 8 heteroatoms. The van der Waals surface area contributed by atoms with E-state index in [4.69, 9.17) is 5.11 Å². The lowest BCUT2D eigenvalue weighted by atomic mass is 10.1. The number of anilines is 2. The number of aryl methyl sites for hydroxylation is 1. The monoisotopic (exact) mass is 396 g/mol. The lowest BCUT2D eigenvalue weighted by Gasteiger charge is -2.13. The second kappa shape index (κ2) is 9.05. The normalized spacial score (nSPS) is 11.3. The number of aromatic carboxylic acids is 1. The third-order valence-corrected chi connectivity index (χ3v) is 6.38. The van der Waals surface area contributed by atoms with E-state index in [1.165, 1.54) is 30.7 Å². The number of hydrogen-bond donors (Lipinski definition) is 3. The smallest absolute Gasteiger partial charge is 0.347 e. The fraction of sp³-hybridized carbons (Fsp3) is 0.389. The molecule has 0 saturated heterocycles. The van der Waals surface area contributed by atoms with Crippen molar-refractivity contribution >= 4 is 38.7 Å². The Morgan fingerprint density at radius 3 is 2.62 bits per heavy atom. The van der Waals surface area contributed by atoms with Gasteiger partial charge in [-0.25, -0.2) is 13.2 Å². The van der Waals surface area contributed by atoms with Crippen LogP contribution in [0, 0.1) is 6.92 Å². The van der Waals surface area contributed by atoms with Crippen LogP contribution in [0.1, 0.15) is 47.8 Å². The number of unbranched alkanes of at least 4 members (excludes halogenated alkanes) is 3. The highest BCUT2D eigenvalue weighted by Crippen LogP contribution is 2.27. The van der Waals surface area contributed by atoms with Crippen molar-refractivity contribution in [2.24, 2.45) is 0 Å². The number of nitrogens with one attached hydrogen (secondary N) is 2. The van der Waals surface area contributed by atoms with Crippen LogP contribution in [0.2, 0.25) is 0 Å². The average molecular weight is 397 g/mol. The zero-order valence-corrected chi connectivity index (χ0v) is 16.5. The largest absolute Gasteiger partial charge is 0.477 e. The van der Waals surface area contributed by atoms with E-state index in [0.29, 0.717) is 5.69 Å². The minimum atomic E-state index is -3.95. The van der Waals surface area contributed by atoms with Crippen LogP contribution in [0.15, 0.2) is 34.5 Å². The second-order valence-corrected chi connectivity index (χ2v) is 8.61. The zero-order chi connectivity index (χ0) is 19.2. The molecule has 0 saturated carbocycles. The Balaban J connectivity index is 2.07. The van der Waals surface area contributed by atoms with Gasteiger partial charge in [-0.05, 0) is 48.6 Å². The molecule has 1 aromatic carbocycles. The first-order valence-electron chi connectivity index (χ1n) is 8.53. The maximum Gasteiger partial charge on any atom is 0.347 e. The molecule has 0 aliphatic rings. The molecule has 1 aromatic heterocycles. The van der Waals surface area contributed by atoms with Gasteiger partial charge >= 0.3 is 5.97 Å². The summed E-state index contributed by atoms with van der Waals surface area (Å²) in [6.45, 7) is 4.86. The van der Waals surface area contributed by atoms with E-state index in [1.54, 1.807) is 6.07 Å². The molecule has 0 aliphatic heterocycles. The van der Waals surface area contributed by atoms with E-state index in [1.807, 2.05) is 19.1 Å². The molecule has 2 aromatic rings. The molecule has 1 heterocycles. The van der Waals surface area contributed by atoms with Gasteiger partial charge in [0, 0.05) is 12.2 Å². The molecule has 0 amide bonds. The van der Waals surface area contributed by atoms with Gasteiger partial charge in [-0.2, -0.15) is 0 Å². The molecule has 0 spiro atoms. The van der Waals surface area contributed by atoms with Crippen LogP contribution in [-0.2, 0) is 10.0 Å². The summed E-state index contributed by atoms with van der Waals surface area (Å²) in [7, 11) is -3.95. The summed E-state index contributed by atoms with van der Waals surface area (Å²) in [6, 6.07) is 6.69. The van der Waals surface area contributed by atoms with Gasteiger partial charge in [0.2, 0.25) is 0 Å². The molecule has 0 fully saturated rings. The summed E-state index contributed by atoms with van der Waals surface area (Å²) in [5.74, 6) is -1.25. The molecule has 142 valence electrons. The third kappa shape index (κ3) is 5.22. The van der Waals surface area contributed by atoms with Crippen LogP contribution >= 0.6 is 11.3 Å². The molecule has 0 unspecified atom stereocenters. The SMILES string of the molecule is CCCCCCNc1ccc(NS(=O)(=O)c2ccsc2C(=O)O)c(C)c1. The average Bonchev–Trinajstić information content (AvgIpc) is 3.08. The Hall–Kier alpha value is -2.06. The van der Waals surface area contributed by atoms with Crippen molar-refractivity contribution in [3.63, 3.8) is 0 Å². The molecule has 0 atom stereocenters. The van der Waals surface area contributed by atoms with E-state index in [2.05, 4.69) is 17.0 Å². The molecule has 0 bridgehead atoms. The number of rotatable bonds is 10. The maximum atomic E-state index is 12.5. The van der Waals surface area contributed by atoms with Crippen LogP contribution in [0.4, 0.5) is 11.4 Å².